The molecule has 3 aromatic heterocycles. The molecule has 0 spiro atoms. The summed E-state index contributed by atoms with van der Waals surface area (Å²) in [7, 11) is 0. The van der Waals surface area contributed by atoms with Crippen molar-refractivity contribution in [3.8, 4) is 11.1 Å². The van der Waals surface area contributed by atoms with Crippen molar-refractivity contribution in [2.24, 2.45) is 0 Å². The lowest BCUT2D eigenvalue weighted by molar-refractivity contribution is -0.115. The molecule has 4 aromatic rings. The van der Waals surface area contributed by atoms with E-state index < -0.39 is 0 Å². The third-order valence-electron chi connectivity index (χ3n) is 4.74. The van der Waals surface area contributed by atoms with Crippen molar-refractivity contribution >= 4 is 17.2 Å². The van der Waals surface area contributed by atoms with Gasteiger partial charge >= 0.3 is 0 Å². The van der Waals surface area contributed by atoms with E-state index in [0.29, 0.717) is 12.5 Å². The van der Waals surface area contributed by atoms with Crippen molar-refractivity contribution in [3.63, 3.8) is 0 Å². The lowest BCUT2D eigenvalue weighted by Gasteiger charge is -2.06. The summed E-state index contributed by atoms with van der Waals surface area (Å²) >= 11 is 0. The van der Waals surface area contributed by atoms with Crippen molar-refractivity contribution in [1.29, 1.82) is 0 Å². The van der Waals surface area contributed by atoms with Crippen LogP contribution in [0.1, 0.15) is 24.4 Å². The Morgan fingerprint density at radius 3 is 2.78 bits per heavy atom. The predicted molar refractivity (Wildman–Crippen MR) is 101 cm³/mol. The van der Waals surface area contributed by atoms with Gasteiger partial charge in [-0.2, -0.15) is 10.2 Å². The van der Waals surface area contributed by atoms with Crippen LogP contribution in [0.3, 0.4) is 0 Å². The van der Waals surface area contributed by atoms with Crippen LogP contribution in [0.15, 0.2) is 61.3 Å². The average Bonchev–Trinajstić information content (AvgIpc) is 3.24. The number of hydrogen-bond donors (Lipinski definition) is 1. The maximum Gasteiger partial charge on any atom is 0.228 e. The fourth-order valence-electron chi connectivity index (χ4n) is 3.14. The Morgan fingerprint density at radius 2 is 1.96 bits per heavy atom. The molecule has 1 N–H and O–H groups in total. The third kappa shape index (κ3) is 3.31. The van der Waals surface area contributed by atoms with Crippen molar-refractivity contribution in [3.05, 3.63) is 66.9 Å². The summed E-state index contributed by atoms with van der Waals surface area (Å²) in [5.74, 6) is -0.0389. The van der Waals surface area contributed by atoms with Crippen LogP contribution in [0, 0.1) is 0 Å². The Balaban J connectivity index is 1.25. The van der Waals surface area contributed by atoms with Gasteiger partial charge in [-0.25, -0.2) is 9.50 Å². The highest BCUT2D eigenvalue weighted by Crippen LogP contribution is 2.34. The van der Waals surface area contributed by atoms with Crippen LogP contribution >= 0.6 is 0 Å². The molecular weight excluding hydrogens is 340 g/mol. The fourth-order valence-corrected chi connectivity index (χ4v) is 3.14. The van der Waals surface area contributed by atoms with Gasteiger partial charge in [0.05, 0.1) is 24.3 Å². The van der Waals surface area contributed by atoms with Crippen molar-refractivity contribution in [2.75, 3.05) is 5.32 Å². The molecule has 0 saturated heterocycles. The van der Waals surface area contributed by atoms with E-state index in [-0.39, 0.29) is 5.91 Å². The number of fused-ring (bicyclic) bond motifs is 1. The van der Waals surface area contributed by atoms with Gasteiger partial charge in [0.25, 0.3) is 0 Å². The Morgan fingerprint density at radius 1 is 1.11 bits per heavy atom. The van der Waals surface area contributed by atoms with E-state index in [2.05, 4.69) is 20.5 Å². The molecule has 1 amide bonds. The minimum absolute atomic E-state index is 0.0389. The summed E-state index contributed by atoms with van der Waals surface area (Å²) in [5, 5.41) is 11.3. The van der Waals surface area contributed by atoms with Gasteiger partial charge in [0.15, 0.2) is 5.65 Å². The highest BCUT2D eigenvalue weighted by Gasteiger charge is 2.24. The number of carbonyl (C=O) groups excluding carboxylic acids is 1. The van der Waals surface area contributed by atoms with E-state index in [0.717, 1.165) is 28.0 Å². The molecule has 0 unspecified atom stereocenters. The molecule has 0 bridgehead atoms. The molecule has 5 rings (SSSR count). The van der Waals surface area contributed by atoms with Gasteiger partial charge in [0.1, 0.15) is 6.33 Å². The highest BCUT2D eigenvalue weighted by atomic mass is 16.1. The maximum absolute atomic E-state index is 12.3. The number of benzene rings is 1. The van der Waals surface area contributed by atoms with Crippen molar-refractivity contribution < 1.29 is 4.79 Å². The van der Waals surface area contributed by atoms with Crippen molar-refractivity contribution in [2.45, 2.75) is 25.3 Å². The summed E-state index contributed by atoms with van der Waals surface area (Å²) < 4.78 is 3.66. The molecule has 1 saturated carbocycles. The number of nitrogens with zero attached hydrogens (tertiary/aromatic N) is 5. The van der Waals surface area contributed by atoms with Crippen molar-refractivity contribution in [1.82, 2.24) is 24.4 Å². The van der Waals surface area contributed by atoms with E-state index in [1.54, 1.807) is 10.7 Å². The summed E-state index contributed by atoms with van der Waals surface area (Å²) in [6.45, 7) is 0. The van der Waals surface area contributed by atoms with E-state index in [9.17, 15) is 4.79 Å². The first-order valence-electron chi connectivity index (χ1n) is 8.97. The molecule has 0 aliphatic heterocycles. The zero-order chi connectivity index (χ0) is 18.2. The number of rotatable bonds is 5. The maximum atomic E-state index is 12.3. The molecule has 7 nitrogen and oxygen atoms in total. The second-order valence-electron chi connectivity index (χ2n) is 6.84. The largest absolute Gasteiger partial charge is 0.323 e. The molecule has 0 atom stereocenters. The Kier molecular flexibility index (Phi) is 3.71. The lowest BCUT2D eigenvalue weighted by atomic mass is 10.0. The van der Waals surface area contributed by atoms with Gasteiger partial charge < -0.3 is 5.32 Å². The van der Waals surface area contributed by atoms with Crippen LogP contribution in [-0.2, 0) is 11.2 Å². The first-order chi connectivity index (χ1) is 13.2. The number of nitrogens with one attached hydrogen (secondary N) is 1. The van der Waals surface area contributed by atoms with Crippen LogP contribution < -0.4 is 5.32 Å². The number of hydrogen-bond acceptors (Lipinski definition) is 4. The normalized spacial score (nSPS) is 13.8. The topological polar surface area (TPSA) is 77.1 Å². The molecule has 1 fully saturated rings. The molecule has 0 radical (unpaired) electrons. The summed E-state index contributed by atoms with van der Waals surface area (Å²) in [4.78, 5) is 16.5. The Bertz CT molecular complexity index is 1110. The van der Waals surface area contributed by atoms with Gasteiger partial charge in [-0.15, -0.1) is 0 Å². The summed E-state index contributed by atoms with van der Waals surface area (Å²) in [6.07, 6.45) is 9.71. The molecular formula is C20H18N6O. The monoisotopic (exact) mass is 358 g/mol. The standard InChI is InChI=1S/C20H18N6O/c27-20(24-17-11-22-26(12-17)18-5-6-18)9-14-1-3-15(4-2-14)16-7-8-25-19(10-16)21-13-23-25/h1-4,7-8,10-13,18H,5-6,9H2,(H,24,27). The summed E-state index contributed by atoms with van der Waals surface area (Å²) in [6, 6.07) is 12.5. The van der Waals surface area contributed by atoms with Crippen LogP contribution in [0.4, 0.5) is 5.69 Å². The van der Waals surface area contributed by atoms with E-state index in [4.69, 9.17) is 0 Å². The molecule has 134 valence electrons. The SMILES string of the molecule is O=C(Cc1ccc(-c2ccn3ncnc3c2)cc1)Nc1cnn(C2CC2)c1. The minimum atomic E-state index is -0.0389. The minimum Gasteiger partial charge on any atom is -0.323 e. The lowest BCUT2D eigenvalue weighted by Crippen LogP contribution is -2.13. The zero-order valence-electron chi connectivity index (χ0n) is 14.6. The van der Waals surface area contributed by atoms with E-state index >= 15 is 0 Å². The third-order valence-corrected chi connectivity index (χ3v) is 4.74. The fraction of sp³-hybridized carbons (Fsp3) is 0.200. The molecule has 27 heavy (non-hydrogen) atoms. The van der Waals surface area contributed by atoms with Crippen LogP contribution in [0.2, 0.25) is 0 Å². The number of amides is 1. The quantitative estimate of drug-likeness (QED) is 0.595. The van der Waals surface area contributed by atoms with Gasteiger partial charge in [-0.05, 0) is 41.7 Å². The van der Waals surface area contributed by atoms with E-state index in [1.807, 2.05) is 53.5 Å². The van der Waals surface area contributed by atoms with Crippen LogP contribution in [0.25, 0.3) is 16.8 Å². The first-order valence-corrected chi connectivity index (χ1v) is 8.97. The summed E-state index contributed by atoms with van der Waals surface area (Å²) in [5.41, 5.74) is 4.68. The van der Waals surface area contributed by atoms with Gasteiger partial charge in [-0.1, -0.05) is 24.3 Å². The van der Waals surface area contributed by atoms with Gasteiger partial charge in [-0.3, -0.25) is 9.48 Å². The Labute approximate surface area is 155 Å². The van der Waals surface area contributed by atoms with Crippen LogP contribution in [0.5, 0.6) is 0 Å². The zero-order valence-corrected chi connectivity index (χ0v) is 14.6. The van der Waals surface area contributed by atoms with E-state index in [1.165, 1.54) is 19.2 Å². The highest BCUT2D eigenvalue weighted by molar-refractivity contribution is 5.92. The predicted octanol–water partition coefficient (Wildman–Crippen LogP) is 3.11. The molecule has 1 aliphatic carbocycles. The number of anilines is 1. The average molecular weight is 358 g/mol. The van der Waals surface area contributed by atoms with Gasteiger partial charge in [0, 0.05) is 12.4 Å². The molecule has 1 aliphatic rings. The second-order valence-corrected chi connectivity index (χ2v) is 6.84. The van der Waals surface area contributed by atoms with Crippen LogP contribution in [-0.4, -0.2) is 30.3 Å². The first kappa shape index (κ1) is 15.7. The van der Waals surface area contributed by atoms with Gasteiger partial charge in [0.2, 0.25) is 5.91 Å². The number of carbonyl (C=O) groups is 1. The second kappa shape index (κ2) is 6.35. The smallest absolute Gasteiger partial charge is 0.228 e. The molecule has 1 aromatic carbocycles. The molecule has 3 heterocycles. The number of pyridine rings is 1. The Hall–Kier alpha value is -3.48. The molecule has 7 heteroatoms. The number of aromatic nitrogens is 5.